The number of pyridine rings is 1. The molecule has 0 fully saturated rings. The molecule has 0 atom stereocenters. The third-order valence-corrected chi connectivity index (χ3v) is 5.53. The van der Waals surface area contributed by atoms with Gasteiger partial charge in [0.2, 0.25) is 0 Å². The van der Waals surface area contributed by atoms with E-state index >= 15 is 0 Å². The summed E-state index contributed by atoms with van der Waals surface area (Å²) in [6.45, 7) is 1.73. The molecule has 2 N–H and O–H groups in total. The van der Waals surface area contributed by atoms with Gasteiger partial charge in [-0.3, -0.25) is 14.5 Å². The molecule has 9 heteroatoms. The number of methoxy groups -OCH3 is 1. The smallest absolute Gasteiger partial charge is 0.271 e. The zero-order chi connectivity index (χ0) is 21.6. The van der Waals surface area contributed by atoms with Crippen LogP contribution in [-0.2, 0) is 10.0 Å². The molecule has 0 aliphatic heterocycles. The fourth-order valence-electron chi connectivity index (χ4n) is 2.52. The lowest BCUT2D eigenvalue weighted by atomic mass is 10.2. The lowest BCUT2D eigenvalue weighted by Gasteiger charge is -2.10. The molecule has 0 spiro atoms. The maximum atomic E-state index is 12.7. The van der Waals surface area contributed by atoms with Gasteiger partial charge in [0.05, 0.1) is 17.7 Å². The van der Waals surface area contributed by atoms with Crippen molar-refractivity contribution in [2.24, 2.45) is 5.10 Å². The summed E-state index contributed by atoms with van der Waals surface area (Å²) in [4.78, 5) is 16.4. The molecule has 0 unspecified atom stereocenters. The molecule has 0 bridgehead atoms. The van der Waals surface area contributed by atoms with Gasteiger partial charge in [0, 0.05) is 29.2 Å². The van der Waals surface area contributed by atoms with Crippen LogP contribution in [0.25, 0.3) is 0 Å². The second-order valence-electron chi connectivity index (χ2n) is 6.24. The number of hydrogen-bond donors (Lipinski definition) is 2. The molecule has 30 heavy (non-hydrogen) atoms. The first-order valence-electron chi connectivity index (χ1n) is 8.91. The fourth-order valence-corrected chi connectivity index (χ4v) is 3.62. The van der Waals surface area contributed by atoms with E-state index in [-0.39, 0.29) is 10.5 Å². The Kier molecular flexibility index (Phi) is 6.43. The van der Waals surface area contributed by atoms with E-state index in [0.29, 0.717) is 17.1 Å². The van der Waals surface area contributed by atoms with Crippen LogP contribution in [-0.4, -0.2) is 32.1 Å². The second-order valence-corrected chi connectivity index (χ2v) is 7.92. The minimum Gasteiger partial charge on any atom is -0.497 e. The molecular formula is C21H20N4O4S. The normalized spacial score (nSPS) is 11.6. The number of amides is 1. The van der Waals surface area contributed by atoms with E-state index in [1.165, 1.54) is 31.4 Å². The first-order valence-corrected chi connectivity index (χ1v) is 10.4. The highest BCUT2D eigenvalue weighted by Gasteiger charge is 2.16. The number of hydrogen-bond acceptors (Lipinski definition) is 6. The number of sulfonamides is 1. The molecule has 154 valence electrons. The van der Waals surface area contributed by atoms with Crippen molar-refractivity contribution in [1.82, 2.24) is 10.4 Å². The number of nitrogens with one attached hydrogen (secondary N) is 2. The molecule has 3 aromatic rings. The first kappa shape index (κ1) is 21.0. The SMILES string of the molecule is COc1ccc(NS(=O)(=O)c2cccc(C(=O)NN=C(C)c3cccnc3)c2)cc1. The van der Waals surface area contributed by atoms with Gasteiger partial charge in [-0.2, -0.15) is 5.10 Å². The molecule has 0 saturated carbocycles. The number of nitrogens with zero attached hydrogens (tertiary/aromatic N) is 2. The molecule has 3 rings (SSSR count). The summed E-state index contributed by atoms with van der Waals surface area (Å²) in [6, 6.07) is 15.7. The number of rotatable bonds is 7. The number of anilines is 1. The van der Waals surface area contributed by atoms with Gasteiger partial charge >= 0.3 is 0 Å². The minimum absolute atomic E-state index is 0.0427. The van der Waals surface area contributed by atoms with Crippen LogP contribution in [0.15, 0.2) is 83.1 Å². The number of carbonyl (C=O) groups is 1. The largest absolute Gasteiger partial charge is 0.497 e. The van der Waals surface area contributed by atoms with Crippen LogP contribution in [0, 0.1) is 0 Å². The standard InChI is InChI=1S/C21H20N4O4S/c1-15(17-6-4-12-22-14-17)23-24-21(26)16-5-3-7-20(13-16)30(27,28)25-18-8-10-19(29-2)11-9-18/h3-14,25H,1-2H3,(H,24,26). The maximum Gasteiger partial charge on any atom is 0.271 e. The number of ether oxygens (including phenoxy) is 1. The quantitative estimate of drug-likeness (QED) is 0.447. The number of benzene rings is 2. The van der Waals surface area contributed by atoms with Crippen LogP contribution in [0.1, 0.15) is 22.8 Å². The molecule has 0 saturated heterocycles. The van der Waals surface area contributed by atoms with Gasteiger partial charge in [0.15, 0.2) is 0 Å². The fraction of sp³-hybridized carbons (Fsp3) is 0.0952. The summed E-state index contributed by atoms with van der Waals surface area (Å²) in [5.74, 6) is 0.0819. The number of carbonyl (C=O) groups excluding carboxylic acids is 1. The third kappa shape index (κ3) is 5.21. The van der Waals surface area contributed by atoms with Crippen molar-refractivity contribution in [2.75, 3.05) is 11.8 Å². The maximum absolute atomic E-state index is 12.7. The highest BCUT2D eigenvalue weighted by atomic mass is 32.2. The van der Waals surface area contributed by atoms with E-state index in [0.717, 1.165) is 5.56 Å². The Labute approximate surface area is 174 Å². The van der Waals surface area contributed by atoms with Crippen molar-refractivity contribution in [3.8, 4) is 5.75 Å². The summed E-state index contributed by atoms with van der Waals surface area (Å²) < 4.78 is 32.9. The molecular weight excluding hydrogens is 404 g/mol. The van der Waals surface area contributed by atoms with Gasteiger partial charge in [-0.25, -0.2) is 13.8 Å². The average molecular weight is 424 g/mol. The number of aromatic nitrogens is 1. The monoisotopic (exact) mass is 424 g/mol. The Balaban J connectivity index is 1.75. The van der Waals surface area contributed by atoms with Crippen LogP contribution >= 0.6 is 0 Å². The van der Waals surface area contributed by atoms with E-state index in [4.69, 9.17) is 4.74 Å². The lowest BCUT2D eigenvalue weighted by molar-refractivity contribution is 0.0954. The second kappa shape index (κ2) is 9.19. The molecule has 1 heterocycles. The topological polar surface area (TPSA) is 110 Å². The van der Waals surface area contributed by atoms with Crippen LogP contribution < -0.4 is 14.9 Å². The van der Waals surface area contributed by atoms with Gasteiger partial charge in [0.25, 0.3) is 15.9 Å². The van der Waals surface area contributed by atoms with Crippen molar-refractivity contribution >= 4 is 27.3 Å². The average Bonchev–Trinajstić information content (AvgIpc) is 2.78. The first-order chi connectivity index (χ1) is 14.4. The van der Waals surface area contributed by atoms with Crippen LogP contribution in [0.5, 0.6) is 5.75 Å². The van der Waals surface area contributed by atoms with Crippen molar-refractivity contribution in [1.29, 1.82) is 0 Å². The minimum atomic E-state index is -3.88. The molecule has 0 radical (unpaired) electrons. The Morgan fingerprint density at radius 2 is 1.77 bits per heavy atom. The van der Waals surface area contributed by atoms with Crippen molar-refractivity contribution in [3.63, 3.8) is 0 Å². The van der Waals surface area contributed by atoms with Gasteiger partial charge in [-0.15, -0.1) is 0 Å². The van der Waals surface area contributed by atoms with Crippen LogP contribution in [0.3, 0.4) is 0 Å². The summed E-state index contributed by atoms with van der Waals surface area (Å²) in [5.41, 5.74) is 4.30. The Bertz CT molecular complexity index is 1160. The summed E-state index contributed by atoms with van der Waals surface area (Å²) in [5, 5.41) is 4.05. The van der Waals surface area contributed by atoms with Gasteiger partial charge in [-0.05, 0) is 55.5 Å². The van der Waals surface area contributed by atoms with Crippen LogP contribution in [0.2, 0.25) is 0 Å². The van der Waals surface area contributed by atoms with E-state index in [9.17, 15) is 13.2 Å². The summed E-state index contributed by atoms with van der Waals surface area (Å²) in [6.07, 6.45) is 3.27. The van der Waals surface area contributed by atoms with Gasteiger partial charge in [0.1, 0.15) is 5.75 Å². The molecule has 1 amide bonds. The molecule has 1 aromatic heterocycles. The van der Waals surface area contributed by atoms with E-state index < -0.39 is 15.9 Å². The van der Waals surface area contributed by atoms with Gasteiger partial charge < -0.3 is 4.74 Å². The summed E-state index contributed by atoms with van der Waals surface area (Å²) in [7, 11) is -2.35. The Morgan fingerprint density at radius 1 is 1.03 bits per heavy atom. The zero-order valence-corrected chi connectivity index (χ0v) is 17.2. The third-order valence-electron chi connectivity index (χ3n) is 4.15. The highest BCUT2D eigenvalue weighted by molar-refractivity contribution is 7.92. The lowest BCUT2D eigenvalue weighted by Crippen LogP contribution is -2.20. The molecule has 8 nitrogen and oxygen atoms in total. The Hall–Kier alpha value is -3.72. The predicted octanol–water partition coefficient (Wildman–Crippen LogP) is 3.05. The van der Waals surface area contributed by atoms with E-state index in [2.05, 4.69) is 20.2 Å². The highest BCUT2D eigenvalue weighted by Crippen LogP contribution is 2.20. The molecule has 0 aliphatic carbocycles. The van der Waals surface area contributed by atoms with Crippen molar-refractivity contribution < 1.29 is 17.9 Å². The van der Waals surface area contributed by atoms with Crippen molar-refractivity contribution in [2.45, 2.75) is 11.8 Å². The zero-order valence-electron chi connectivity index (χ0n) is 16.4. The molecule has 2 aromatic carbocycles. The van der Waals surface area contributed by atoms with E-state index in [1.54, 1.807) is 49.6 Å². The van der Waals surface area contributed by atoms with Crippen LogP contribution in [0.4, 0.5) is 5.69 Å². The number of hydrazone groups is 1. The predicted molar refractivity (Wildman–Crippen MR) is 114 cm³/mol. The molecule has 0 aliphatic rings. The Morgan fingerprint density at radius 3 is 2.43 bits per heavy atom. The van der Waals surface area contributed by atoms with Gasteiger partial charge in [-0.1, -0.05) is 12.1 Å². The van der Waals surface area contributed by atoms with Crippen molar-refractivity contribution in [3.05, 3.63) is 84.2 Å². The van der Waals surface area contributed by atoms with E-state index in [1.807, 2.05) is 6.07 Å². The summed E-state index contributed by atoms with van der Waals surface area (Å²) >= 11 is 0.